The van der Waals surface area contributed by atoms with Gasteiger partial charge < -0.3 is 10.1 Å². The lowest BCUT2D eigenvalue weighted by molar-refractivity contribution is 0.319. The SMILES string of the molecule is CCCOc1ccccc1NCc1cc(Br)c(Br)s1. The van der Waals surface area contributed by atoms with Crippen LogP contribution >= 0.6 is 43.2 Å². The molecule has 0 aliphatic rings. The lowest BCUT2D eigenvalue weighted by atomic mass is 10.3. The van der Waals surface area contributed by atoms with E-state index in [-0.39, 0.29) is 0 Å². The van der Waals surface area contributed by atoms with Gasteiger partial charge in [-0.2, -0.15) is 0 Å². The van der Waals surface area contributed by atoms with E-state index >= 15 is 0 Å². The van der Waals surface area contributed by atoms with Gasteiger partial charge in [-0.15, -0.1) is 11.3 Å². The van der Waals surface area contributed by atoms with Gasteiger partial charge in [-0.3, -0.25) is 0 Å². The largest absolute Gasteiger partial charge is 0.491 e. The lowest BCUT2D eigenvalue weighted by Crippen LogP contribution is -2.02. The first-order valence-corrected chi connectivity index (χ1v) is 8.50. The summed E-state index contributed by atoms with van der Waals surface area (Å²) in [5.74, 6) is 0.916. The quantitative estimate of drug-likeness (QED) is 0.669. The third-order valence-corrected chi connectivity index (χ3v) is 5.75. The first-order chi connectivity index (χ1) is 9.20. The summed E-state index contributed by atoms with van der Waals surface area (Å²) in [5, 5.41) is 3.42. The fourth-order valence-corrected chi connectivity index (χ4v) is 3.73. The number of ether oxygens (including phenoxy) is 1. The van der Waals surface area contributed by atoms with E-state index in [1.54, 1.807) is 11.3 Å². The summed E-state index contributed by atoms with van der Waals surface area (Å²) in [6, 6.07) is 10.2. The minimum absolute atomic E-state index is 0.745. The monoisotopic (exact) mass is 403 g/mol. The summed E-state index contributed by atoms with van der Waals surface area (Å²) in [4.78, 5) is 1.27. The molecule has 5 heteroatoms. The summed E-state index contributed by atoms with van der Waals surface area (Å²) >= 11 is 8.74. The van der Waals surface area contributed by atoms with Crippen LogP contribution in [0, 0.1) is 0 Å². The van der Waals surface area contributed by atoms with E-state index in [4.69, 9.17) is 4.74 Å². The highest BCUT2D eigenvalue weighted by molar-refractivity contribution is 9.13. The summed E-state index contributed by atoms with van der Waals surface area (Å²) in [7, 11) is 0. The highest BCUT2D eigenvalue weighted by atomic mass is 79.9. The minimum Gasteiger partial charge on any atom is -0.491 e. The van der Waals surface area contributed by atoms with Crippen molar-refractivity contribution in [1.82, 2.24) is 0 Å². The Morgan fingerprint density at radius 2 is 2.05 bits per heavy atom. The van der Waals surface area contributed by atoms with Gasteiger partial charge >= 0.3 is 0 Å². The standard InChI is InChI=1S/C14H15Br2NOS/c1-2-7-18-13-6-4-3-5-12(13)17-9-10-8-11(15)14(16)19-10/h3-6,8,17H,2,7,9H2,1H3. The molecule has 19 heavy (non-hydrogen) atoms. The van der Waals surface area contributed by atoms with Gasteiger partial charge in [0.2, 0.25) is 0 Å². The molecule has 2 aromatic rings. The molecule has 1 aromatic heterocycles. The highest BCUT2D eigenvalue weighted by Crippen LogP contribution is 2.33. The van der Waals surface area contributed by atoms with E-state index in [0.29, 0.717) is 0 Å². The van der Waals surface area contributed by atoms with Gasteiger partial charge in [0.05, 0.1) is 16.1 Å². The minimum atomic E-state index is 0.745. The van der Waals surface area contributed by atoms with Gasteiger partial charge in [-0.1, -0.05) is 19.1 Å². The Labute approximate surface area is 134 Å². The van der Waals surface area contributed by atoms with E-state index < -0.39 is 0 Å². The molecule has 0 bridgehead atoms. The summed E-state index contributed by atoms with van der Waals surface area (Å²) < 4.78 is 7.95. The van der Waals surface area contributed by atoms with Crippen LogP contribution in [0.15, 0.2) is 38.6 Å². The number of halogens is 2. The number of hydrogen-bond donors (Lipinski definition) is 1. The Hall–Kier alpha value is -0.520. The maximum absolute atomic E-state index is 5.73. The smallest absolute Gasteiger partial charge is 0.142 e. The van der Waals surface area contributed by atoms with Crippen LogP contribution in [-0.4, -0.2) is 6.61 Å². The normalized spacial score (nSPS) is 10.5. The van der Waals surface area contributed by atoms with E-state index in [2.05, 4.69) is 50.2 Å². The molecule has 102 valence electrons. The molecular formula is C14H15Br2NOS. The number of rotatable bonds is 6. The summed E-state index contributed by atoms with van der Waals surface area (Å²) in [6.07, 6.45) is 1.01. The third kappa shape index (κ3) is 4.23. The van der Waals surface area contributed by atoms with E-state index in [1.807, 2.05) is 24.3 Å². The number of nitrogens with one attached hydrogen (secondary N) is 1. The number of thiophene rings is 1. The zero-order valence-corrected chi connectivity index (χ0v) is 14.6. The van der Waals surface area contributed by atoms with Crippen LogP contribution < -0.4 is 10.1 Å². The van der Waals surface area contributed by atoms with Crippen molar-refractivity contribution in [2.24, 2.45) is 0 Å². The molecule has 2 nitrogen and oxygen atoms in total. The molecule has 0 atom stereocenters. The third-order valence-electron chi connectivity index (χ3n) is 2.50. The molecule has 0 aliphatic heterocycles. The molecule has 2 rings (SSSR count). The van der Waals surface area contributed by atoms with Crippen molar-refractivity contribution in [2.45, 2.75) is 19.9 Å². The fourth-order valence-electron chi connectivity index (χ4n) is 1.61. The second-order valence-electron chi connectivity index (χ2n) is 4.03. The molecule has 0 amide bonds. The molecule has 0 radical (unpaired) electrons. The number of hydrogen-bond acceptors (Lipinski definition) is 3. The predicted octanol–water partition coefficient (Wildman–Crippen LogP) is 5.67. The molecule has 0 unspecified atom stereocenters. The van der Waals surface area contributed by atoms with Crippen molar-refractivity contribution in [3.8, 4) is 5.75 Å². The Kier molecular flexibility index (Phi) is 5.73. The average Bonchev–Trinajstić information content (AvgIpc) is 2.74. The van der Waals surface area contributed by atoms with Crippen molar-refractivity contribution in [2.75, 3.05) is 11.9 Å². The van der Waals surface area contributed by atoms with Crippen LogP contribution in [0.3, 0.4) is 0 Å². The zero-order valence-electron chi connectivity index (χ0n) is 10.6. The fraction of sp³-hybridized carbons (Fsp3) is 0.286. The van der Waals surface area contributed by atoms with Gasteiger partial charge in [-0.05, 0) is 56.5 Å². The van der Waals surface area contributed by atoms with Crippen molar-refractivity contribution in [3.63, 3.8) is 0 Å². The number of para-hydroxylation sites is 2. The first-order valence-electron chi connectivity index (χ1n) is 6.10. The van der Waals surface area contributed by atoms with E-state index in [1.165, 1.54) is 4.88 Å². The molecule has 0 fully saturated rings. The molecule has 0 saturated heterocycles. The molecular weight excluding hydrogens is 390 g/mol. The van der Waals surface area contributed by atoms with Crippen molar-refractivity contribution >= 4 is 48.9 Å². The highest BCUT2D eigenvalue weighted by Gasteiger charge is 2.06. The first kappa shape index (κ1) is 14.9. The molecule has 1 aromatic carbocycles. The molecule has 0 spiro atoms. The Morgan fingerprint density at radius 3 is 2.74 bits per heavy atom. The van der Waals surface area contributed by atoms with E-state index in [0.717, 1.165) is 39.3 Å². The summed E-state index contributed by atoms with van der Waals surface area (Å²) in [6.45, 7) is 3.65. The predicted molar refractivity (Wildman–Crippen MR) is 89.3 cm³/mol. The van der Waals surface area contributed by atoms with Crippen molar-refractivity contribution in [1.29, 1.82) is 0 Å². The average molecular weight is 405 g/mol. The van der Waals surface area contributed by atoms with Crippen LogP contribution in [-0.2, 0) is 6.54 Å². The van der Waals surface area contributed by atoms with Gasteiger partial charge in [0.1, 0.15) is 5.75 Å². The number of benzene rings is 1. The van der Waals surface area contributed by atoms with Crippen LogP contribution in [0.2, 0.25) is 0 Å². The maximum Gasteiger partial charge on any atom is 0.142 e. The maximum atomic E-state index is 5.73. The molecule has 1 heterocycles. The molecule has 0 aliphatic carbocycles. The lowest BCUT2D eigenvalue weighted by Gasteiger charge is -2.12. The van der Waals surface area contributed by atoms with Crippen molar-refractivity contribution in [3.05, 3.63) is 43.5 Å². The number of anilines is 1. The molecule has 1 N–H and O–H groups in total. The van der Waals surface area contributed by atoms with Crippen LogP contribution in [0.25, 0.3) is 0 Å². The topological polar surface area (TPSA) is 21.3 Å². The molecule has 0 saturated carbocycles. The Bertz CT molecular complexity index is 522. The van der Waals surface area contributed by atoms with Crippen LogP contribution in [0.1, 0.15) is 18.2 Å². The van der Waals surface area contributed by atoms with Gasteiger partial charge in [-0.25, -0.2) is 0 Å². The van der Waals surface area contributed by atoms with Crippen LogP contribution in [0.4, 0.5) is 5.69 Å². The van der Waals surface area contributed by atoms with Gasteiger partial charge in [0.25, 0.3) is 0 Å². The zero-order chi connectivity index (χ0) is 13.7. The van der Waals surface area contributed by atoms with Gasteiger partial charge in [0, 0.05) is 15.9 Å². The second kappa shape index (κ2) is 7.31. The van der Waals surface area contributed by atoms with E-state index in [9.17, 15) is 0 Å². The Balaban J connectivity index is 2.02. The van der Waals surface area contributed by atoms with Crippen LogP contribution in [0.5, 0.6) is 5.75 Å². The van der Waals surface area contributed by atoms with Gasteiger partial charge in [0.15, 0.2) is 0 Å². The Morgan fingerprint density at radius 1 is 1.26 bits per heavy atom. The summed E-state index contributed by atoms with van der Waals surface area (Å²) in [5.41, 5.74) is 1.04. The second-order valence-corrected chi connectivity index (χ2v) is 7.34. The van der Waals surface area contributed by atoms with Crippen molar-refractivity contribution < 1.29 is 4.74 Å².